The van der Waals surface area contributed by atoms with Crippen LogP contribution in [-0.4, -0.2) is 36.2 Å². The van der Waals surface area contributed by atoms with Gasteiger partial charge >= 0.3 is 0 Å². The molecule has 1 aliphatic carbocycles. The van der Waals surface area contributed by atoms with Crippen molar-refractivity contribution in [3.63, 3.8) is 0 Å². The van der Waals surface area contributed by atoms with Crippen molar-refractivity contribution >= 4 is 28.4 Å². The second-order valence-corrected chi connectivity index (χ2v) is 7.95. The van der Waals surface area contributed by atoms with E-state index >= 15 is 0 Å². The number of nitrogens with one attached hydrogen (secondary N) is 1. The molecular weight excluding hydrogens is 334 g/mol. The van der Waals surface area contributed by atoms with E-state index < -0.39 is 0 Å². The van der Waals surface area contributed by atoms with Crippen molar-refractivity contribution < 1.29 is 4.79 Å². The van der Waals surface area contributed by atoms with Crippen molar-refractivity contribution in [2.24, 2.45) is 0 Å². The maximum absolute atomic E-state index is 13.1. The summed E-state index contributed by atoms with van der Waals surface area (Å²) < 4.78 is 1.91. The SMILES string of the molecule is Cc1[nH]c2ccccc2c1C(=O)[C@H](C)Sc1nnnn1C1CCCC1. The van der Waals surface area contributed by atoms with E-state index in [9.17, 15) is 4.79 Å². The van der Waals surface area contributed by atoms with Crippen LogP contribution in [0.3, 0.4) is 0 Å². The molecule has 2 aromatic heterocycles. The molecule has 1 atom stereocenters. The predicted octanol–water partition coefficient (Wildman–Crippen LogP) is 3.94. The van der Waals surface area contributed by atoms with E-state index in [-0.39, 0.29) is 11.0 Å². The maximum atomic E-state index is 13.1. The van der Waals surface area contributed by atoms with Crippen LogP contribution in [0.15, 0.2) is 29.4 Å². The van der Waals surface area contributed by atoms with Gasteiger partial charge in [0.15, 0.2) is 5.78 Å². The largest absolute Gasteiger partial charge is 0.358 e. The van der Waals surface area contributed by atoms with Crippen LogP contribution < -0.4 is 0 Å². The molecule has 0 spiro atoms. The zero-order chi connectivity index (χ0) is 17.4. The highest BCUT2D eigenvalue weighted by Gasteiger charge is 2.27. The topological polar surface area (TPSA) is 76.5 Å². The number of thioether (sulfide) groups is 1. The molecule has 1 aromatic carbocycles. The third-order valence-corrected chi connectivity index (χ3v) is 5.97. The number of hydrogen-bond donors (Lipinski definition) is 1. The molecule has 0 unspecified atom stereocenters. The summed E-state index contributed by atoms with van der Waals surface area (Å²) in [6, 6.07) is 8.30. The minimum absolute atomic E-state index is 0.112. The van der Waals surface area contributed by atoms with Crippen LogP contribution >= 0.6 is 11.8 Å². The minimum atomic E-state index is -0.246. The molecule has 0 amide bonds. The molecule has 1 fully saturated rings. The molecule has 0 radical (unpaired) electrons. The second kappa shape index (κ2) is 6.63. The number of nitrogens with zero attached hydrogens (tertiary/aromatic N) is 4. The molecule has 0 aliphatic heterocycles. The summed E-state index contributed by atoms with van der Waals surface area (Å²) in [5.74, 6) is 0.112. The van der Waals surface area contributed by atoms with Crippen LogP contribution in [0.1, 0.15) is 54.7 Å². The number of para-hydroxylation sites is 1. The molecule has 7 heteroatoms. The first-order chi connectivity index (χ1) is 12.1. The van der Waals surface area contributed by atoms with Gasteiger partial charge in [-0.25, -0.2) is 4.68 Å². The molecule has 3 aromatic rings. The van der Waals surface area contributed by atoms with Gasteiger partial charge in [0.2, 0.25) is 5.16 Å². The molecule has 0 bridgehead atoms. The Morgan fingerprint density at radius 1 is 1.32 bits per heavy atom. The number of hydrogen-bond acceptors (Lipinski definition) is 5. The number of aryl methyl sites for hydroxylation is 1. The first kappa shape index (κ1) is 16.3. The molecular formula is C18H21N5OS. The predicted molar refractivity (Wildman–Crippen MR) is 98.0 cm³/mol. The lowest BCUT2D eigenvalue weighted by Gasteiger charge is -2.13. The van der Waals surface area contributed by atoms with Crippen molar-refractivity contribution in [2.45, 2.75) is 56.0 Å². The van der Waals surface area contributed by atoms with Crippen LogP contribution in [0.5, 0.6) is 0 Å². The summed E-state index contributed by atoms with van der Waals surface area (Å²) in [6.45, 7) is 3.88. The Kier molecular flexibility index (Phi) is 4.33. The van der Waals surface area contributed by atoms with Gasteiger partial charge in [0.05, 0.1) is 11.3 Å². The lowest BCUT2D eigenvalue weighted by Crippen LogP contribution is -2.16. The number of aromatic nitrogens is 5. The summed E-state index contributed by atoms with van der Waals surface area (Å²) in [4.78, 5) is 16.4. The van der Waals surface area contributed by atoms with Crippen molar-refractivity contribution in [3.8, 4) is 0 Å². The summed E-state index contributed by atoms with van der Waals surface area (Å²) >= 11 is 1.45. The van der Waals surface area contributed by atoms with Crippen LogP contribution in [0, 0.1) is 6.92 Å². The summed E-state index contributed by atoms with van der Waals surface area (Å²) in [5, 5.41) is 13.6. The summed E-state index contributed by atoms with van der Waals surface area (Å²) in [7, 11) is 0. The van der Waals surface area contributed by atoms with Crippen molar-refractivity contribution in [1.82, 2.24) is 25.2 Å². The Labute approximate surface area is 150 Å². The van der Waals surface area contributed by atoms with Gasteiger partial charge in [-0.15, -0.1) is 5.10 Å². The number of rotatable bonds is 5. The summed E-state index contributed by atoms with van der Waals surface area (Å²) in [6.07, 6.45) is 4.67. The first-order valence-electron chi connectivity index (χ1n) is 8.71. The van der Waals surface area contributed by atoms with Crippen LogP contribution in [0.25, 0.3) is 10.9 Å². The number of fused-ring (bicyclic) bond motifs is 1. The van der Waals surface area contributed by atoms with Crippen molar-refractivity contribution in [2.75, 3.05) is 0 Å². The number of carbonyl (C=O) groups is 1. The van der Waals surface area contributed by atoms with Gasteiger partial charge in [0.25, 0.3) is 0 Å². The molecule has 0 saturated heterocycles. The van der Waals surface area contributed by atoms with Gasteiger partial charge in [0, 0.05) is 22.2 Å². The standard InChI is InChI=1S/C18H21N5OS/c1-11-16(14-9-5-6-10-15(14)19-11)17(24)12(2)25-18-20-21-22-23(18)13-7-3-4-8-13/h5-6,9-10,12-13,19H,3-4,7-8H2,1-2H3/t12-/m0/s1. The average molecular weight is 355 g/mol. The van der Waals surface area contributed by atoms with E-state index in [0.717, 1.165) is 40.2 Å². The maximum Gasteiger partial charge on any atom is 0.210 e. The van der Waals surface area contributed by atoms with Gasteiger partial charge in [-0.3, -0.25) is 4.79 Å². The van der Waals surface area contributed by atoms with Crippen molar-refractivity contribution in [3.05, 3.63) is 35.5 Å². The monoisotopic (exact) mass is 355 g/mol. The zero-order valence-electron chi connectivity index (χ0n) is 14.4. The fourth-order valence-electron chi connectivity index (χ4n) is 3.65. The van der Waals surface area contributed by atoms with Gasteiger partial charge in [0.1, 0.15) is 0 Å². The number of H-pyrrole nitrogens is 1. The third kappa shape index (κ3) is 2.97. The highest BCUT2D eigenvalue weighted by molar-refractivity contribution is 8.00. The quantitative estimate of drug-likeness (QED) is 0.554. The Morgan fingerprint density at radius 3 is 2.88 bits per heavy atom. The Hall–Kier alpha value is -2.15. The van der Waals surface area contributed by atoms with Gasteiger partial charge in [-0.05, 0) is 43.2 Å². The molecule has 6 nitrogen and oxygen atoms in total. The van der Waals surface area contributed by atoms with Crippen LogP contribution in [-0.2, 0) is 0 Å². The summed E-state index contributed by atoms with van der Waals surface area (Å²) in [5.41, 5.74) is 2.68. The molecule has 25 heavy (non-hydrogen) atoms. The number of tetrazole rings is 1. The highest BCUT2D eigenvalue weighted by atomic mass is 32.2. The van der Waals surface area contributed by atoms with E-state index in [2.05, 4.69) is 20.5 Å². The number of benzene rings is 1. The Balaban J connectivity index is 1.59. The lowest BCUT2D eigenvalue weighted by atomic mass is 10.1. The molecule has 130 valence electrons. The van der Waals surface area contributed by atoms with Gasteiger partial charge in [-0.1, -0.05) is 42.8 Å². The lowest BCUT2D eigenvalue weighted by molar-refractivity contribution is 0.0995. The fraction of sp³-hybridized carbons (Fsp3) is 0.444. The Morgan fingerprint density at radius 2 is 2.08 bits per heavy atom. The molecule has 2 heterocycles. The van der Waals surface area contributed by atoms with Crippen LogP contribution in [0.4, 0.5) is 0 Å². The zero-order valence-corrected chi connectivity index (χ0v) is 15.2. The van der Waals surface area contributed by atoms with Gasteiger partial charge in [-0.2, -0.15) is 0 Å². The van der Waals surface area contributed by atoms with E-state index in [4.69, 9.17) is 0 Å². The van der Waals surface area contributed by atoms with Gasteiger partial charge < -0.3 is 4.98 Å². The average Bonchev–Trinajstić information content (AvgIpc) is 3.32. The number of Topliss-reactive ketones (excluding diaryl/α,β-unsaturated/α-hetero) is 1. The second-order valence-electron chi connectivity index (χ2n) is 6.64. The number of aromatic amines is 1. The molecule has 4 rings (SSSR count). The molecule has 1 saturated carbocycles. The highest BCUT2D eigenvalue weighted by Crippen LogP contribution is 2.34. The van der Waals surface area contributed by atoms with E-state index in [0.29, 0.717) is 6.04 Å². The van der Waals surface area contributed by atoms with Crippen LogP contribution in [0.2, 0.25) is 0 Å². The Bertz CT molecular complexity index is 909. The number of carbonyl (C=O) groups excluding carboxylic acids is 1. The van der Waals surface area contributed by atoms with E-state index in [1.807, 2.05) is 42.8 Å². The molecule has 1 aliphatic rings. The third-order valence-electron chi connectivity index (χ3n) is 4.92. The number of ketones is 1. The first-order valence-corrected chi connectivity index (χ1v) is 9.59. The molecule has 1 N–H and O–H groups in total. The fourth-order valence-corrected chi connectivity index (χ4v) is 4.57. The van der Waals surface area contributed by atoms with Crippen molar-refractivity contribution in [1.29, 1.82) is 0 Å². The van der Waals surface area contributed by atoms with E-state index in [1.165, 1.54) is 24.6 Å². The van der Waals surface area contributed by atoms with E-state index in [1.54, 1.807) is 0 Å². The normalized spacial score (nSPS) is 16.6. The smallest absolute Gasteiger partial charge is 0.210 e. The minimum Gasteiger partial charge on any atom is -0.358 e.